The lowest BCUT2D eigenvalue weighted by Gasteiger charge is -2.45. The van der Waals surface area contributed by atoms with Gasteiger partial charge in [-0.05, 0) is 18.2 Å². The molecule has 1 aromatic rings. The topological polar surface area (TPSA) is 35.5 Å². The summed E-state index contributed by atoms with van der Waals surface area (Å²) < 4.78 is 36.3. The highest BCUT2D eigenvalue weighted by Gasteiger charge is 2.63. The van der Waals surface area contributed by atoms with E-state index in [9.17, 15) is 13.6 Å². The van der Waals surface area contributed by atoms with E-state index in [2.05, 4.69) is 4.74 Å². The Morgan fingerprint density at radius 1 is 1.32 bits per heavy atom. The van der Waals surface area contributed by atoms with Crippen molar-refractivity contribution in [2.75, 3.05) is 14.2 Å². The zero-order valence-electron chi connectivity index (χ0n) is 10.5. The molecule has 1 saturated carbocycles. The van der Waals surface area contributed by atoms with E-state index in [0.29, 0.717) is 16.3 Å². The molecule has 6 heteroatoms. The predicted octanol–water partition coefficient (Wildman–Crippen LogP) is 3.19. The van der Waals surface area contributed by atoms with E-state index in [1.54, 1.807) is 12.1 Å². The first-order chi connectivity index (χ1) is 8.84. The van der Waals surface area contributed by atoms with E-state index < -0.39 is 30.1 Å². The number of alkyl halides is 2. The molecule has 0 spiro atoms. The van der Waals surface area contributed by atoms with E-state index in [1.165, 1.54) is 20.3 Å². The monoisotopic (exact) mass is 290 g/mol. The van der Waals surface area contributed by atoms with Gasteiger partial charge in [0.25, 0.3) is 5.92 Å². The van der Waals surface area contributed by atoms with E-state index >= 15 is 0 Å². The van der Waals surface area contributed by atoms with Crippen LogP contribution in [0, 0.1) is 0 Å². The molecule has 0 saturated heterocycles. The largest absolute Gasteiger partial charge is 0.496 e. The van der Waals surface area contributed by atoms with E-state index in [0.717, 1.165) is 0 Å². The smallest absolute Gasteiger partial charge is 0.316 e. The molecule has 0 bridgehead atoms. The highest BCUT2D eigenvalue weighted by molar-refractivity contribution is 6.30. The number of carbonyl (C=O) groups excluding carboxylic acids is 1. The first-order valence-electron chi connectivity index (χ1n) is 5.65. The predicted molar refractivity (Wildman–Crippen MR) is 65.9 cm³/mol. The summed E-state index contributed by atoms with van der Waals surface area (Å²) in [6.45, 7) is 0. The van der Waals surface area contributed by atoms with E-state index in [1.807, 2.05) is 0 Å². The zero-order chi connectivity index (χ0) is 14.3. The van der Waals surface area contributed by atoms with Gasteiger partial charge < -0.3 is 9.47 Å². The minimum atomic E-state index is -2.87. The normalized spacial score (nSPS) is 19.4. The summed E-state index contributed by atoms with van der Waals surface area (Å²) in [5.74, 6) is -3.22. The van der Waals surface area contributed by atoms with Gasteiger partial charge in [0.05, 0.1) is 14.2 Å². The third-order valence-corrected chi connectivity index (χ3v) is 3.61. The molecule has 19 heavy (non-hydrogen) atoms. The Kier molecular flexibility index (Phi) is 3.43. The fourth-order valence-electron chi connectivity index (χ4n) is 2.53. The minimum Gasteiger partial charge on any atom is -0.496 e. The molecule has 0 aliphatic heterocycles. The van der Waals surface area contributed by atoms with Crippen molar-refractivity contribution in [1.29, 1.82) is 0 Å². The maximum absolute atomic E-state index is 13.3. The van der Waals surface area contributed by atoms with Gasteiger partial charge in [-0.1, -0.05) is 11.6 Å². The lowest BCUT2D eigenvalue weighted by atomic mass is 9.61. The molecule has 104 valence electrons. The van der Waals surface area contributed by atoms with Crippen molar-refractivity contribution in [3.63, 3.8) is 0 Å². The first-order valence-corrected chi connectivity index (χ1v) is 6.03. The van der Waals surface area contributed by atoms with Crippen LogP contribution in [0.3, 0.4) is 0 Å². The lowest BCUT2D eigenvalue weighted by Crippen LogP contribution is -2.55. The van der Waals surface area contributed by atoms with Crippen LogP contribution >= 0.6 is 11.6 Å². The maximum Gasteiger partial charge on any atom is 0.316 e. The van der Waals surface area contributed by atoms with Crippen LogP contribution in [0.5, 0.6) is 5.75 Å². The Morgan fingerprint density at radius 2 is 1.95 bits per heavy atom. The highest BCUT2D eigenvalue weighted by atomic mass is 35.5. The Labute approximate surface area is 114 Å². The van der Waals surface area contributed by atoms with Gasteiger partial charge in [0.15, 0.2) is 0 Å². The van der Waals surface area contributed by atoms with Gasteiger partial charge in [0.1, 0.15) is 11.2 Å². The second-order valence-electron chi connectivity index (χ2n) is 4.63. The summed E-state index contributed by atoms with van der Waals surface area (Å²) in [4.78, 5) is 11.9. The van der Waals surface area contributed by atoms with Crippen molar-refractivity contribution < 1.29 is 23.0 Å². The van der Waals surface area contributed by atoms with Gasteiger partial charge >= 0.3 is 5.97 Å². The second-order valence-corrected chi connectivity index (χ2v) is 5.06. The third-order valence-electron chi connectivity index (χ3n) is 3.37. The molecule has 0 aromatic heterocycles. The number of esters is 1. The minimum absolute atomic E-state index is 0.347. The summed E-state index contributed by atoms with van der Waals surface area (Å²) in [6, 6.07) is 4.61. The van der Waals surface area contributed by atoms with Crippen molar-refractivity contribution in [1.82, 2.24) is 0 Å². The van der Waals surface area contributed by atoms with Gasteiger partial charge in [-0.2, -0.15) is 0 Å². The lowest BCUT2D eigenvalue weighted by molar-refractivity contribution is -0.177. The molecule has 2 rings (SSSR count). The number of hydrogen-bond donors (Lipinski definition) is 0. The SMILES string of the molecule is COC(=O)C1(c2cc(Cl)ccc2OC)CC(F)(F)C1. The second kappa shape index (κ2) is 4.63. The number of benzene rings is 1. The van der Waals surface area contributed by atoms with Crippen LogP contribution in [0.25, 0.3) is 0 Å². The molecular weight excluding hydrogens is 278 g/mol. The van der Waals surface area contributed by atoms with Crippen molar-refractivity contribution in [2.45, 2.75) is 24.2 Å². The first kappa shape index (κ1) is 14.1. The number of carbonyl (C=O) groups is 1. The molecule has 1 fully saturated rings. The molecule has 0 amide bonds. The van der Waals surface area contributed by atoms with Gasteiger partial charge in [-0.25, -0.2) is 8.78 Å². The van der Waals surface area contributed by atoms with E-state index in [-0.39, 0.29) is 0 Å². The molecule has 1 aliphatic rings. The van der Waals surface area contributed by atoms with Crippen molar-refractivity contribution >= 4 is 17.6 Å². The van der Waals surface area contributed by atoms with Crippen LogP contribution in [-0.4, -0.2) is 26.1 Å². The number of halogens is 3. The number of ether oxygens (including phenoxy) is 2. The van der Waals surface area contributed by atoms with Gasteiger partial charge in [0.2, 0.25) is 0 Å². The summed E-state index contributed by atoms with van der Waals surface area (Å²) in [6.07, 6.45) is -1.19. The molecule has 0 radical (unpaired) electrons. The molecule has 0 unspecified atom stereocenters. The van der Waals surface area contributed by atoms with Gasteiger partial charge in [0, 0.05) is 23.4 Å². The summed E-state index contributed by atoms with van der Waals surface area (Å²) in [7, 11) is 2.59. The number of hydrogen-bond acceptors (Lipinski definition) is 3. The Morgan fingerprint density at radius 3 is 2.42 bits per heavy atom. The number of methoxy groups -OCH3 is 2. The molecular formula is C13H13ClF2O3. The summed E-state index contributed by atoms with van der Waals surface area (Å²) in [5.41, 5.74) is -1.03. The van der Waals surface area contributed by atoms with E-state index in [4.69, 9.17) is 16.3 Å². The van der Waals surface area contributed by atoms with Crippen LogP contribution in [0.1, 0.15) is 18.4 Å². The average Bonchev–Trinajstić information content (AvgIpc) is 2.34. The van der Waals surface area contributed by atoms with Crippen LogP contribution < -0.4 is 4.74 Å². The molecule has 0 N–H and O–H groups in total. The van der Waals surface area contributed by atoms with Crippen LogP contribution in [-0.2, 0) is 14.9 Å². The van der Waals surface area contributed by atoms with Crippen LogP contribution in [0.4, 0.5) is 8.78 Å². The molecule has 1 aromatic carbocycles. The molecule has 0 heterocycles. The highest BCUT2D eigenvalue weighted by Crippen LogP contribution is 2.56. The fraction of sp³-hybridized carbons (Fsp3) is 0.462. The molecule has 0 atom stereocenters. The van der Waals surface area contributed by atoms with Crippen molar-refractivity contribution in [3.8, 4) is 5.75 Å². The molecule has 3 nitrogen and oxygen atoms in total. The average molecular weight is 291 g/mol. The standard InChI is InChI=1S/C13H13ClF2O3/c1-18-10-4-3-8(14)5-9(10)12(11(17)19-2)6-13(15,16)7-12/h3-5H,6-7H2,1-2H3. The maximum atomic E-state index is 13.3. The fourth-order valence-corrected chi connectivity index (χ4v) is 2.70. The Bertz CT molecular complexity index is 509. The molecule has 1 aliphatic carbocycles. The summed E-state index contributed by atoms with van der Waals surface area (Å²) >= 11 is 5.88. The van der Waals surface area contributed by atoms with Crippen molar-refractivity contribution in [2.24, 2.45) is 0 Å². The van der Waals surface area contributed by atoms with Gasteiger partial charge in [-0.3, -0.25) is 4.79 Å². The number of rotatable bonds is 3. The zero-order valence-corrected chi connectivity index (χ0v) is 11.3. The quantitative estimate of drug-likeness (QED) is 0.802. The Balaban J connectivity index is 2.52. The summed E-state index contributed by atoms with van der Waals surface area (Å²) in [5, 5.41) is 0.356. The van der Waals surface area contributed by atoms with Crippen LogP contribution in [0.15, 0.2) is 18.2 Å². The van der Waals surface area contributed by atoms with Crippen molar-refractivity contribution in [3.05, 3.63) is 28.8 Å². The van der Waals surface area contributed by atoms with Gasteiger partial charge in [-0.15, -0.1) is 0 Å². The Hall–Kier alpha value is -1.36. The van der Waals surface area contributed by atoms with Crippen LogP contribution in [0.2, 0.25) is 5.02 Å². The third kappa shape index (κ3) is 2.27.